The number of carbonyl (C=O) groups excluding carboxylic acids is 1. The summed E-state index contributed by atoms with van der Waals surface area (Å²) in [6.45, 7) is 23.9. The van der Waals surface area contributed by atoms with Crippen molar-refractivity contribution in [1.29, 1.82) is 0 Å². The normalized spacial score (nSPS) is 16.7. The average molecular weight is 529 g/mol. The Bertz CT molecular complexity index is 731. The van der Waals surface area contributed by atoms with E-state index in [9.17, 15) is 4.79 Å². The first-order valence-corrected chi connectivity index (χ1v) is 24.4. The monoisotopic (exact) mass is 528 g/mol. The van der Waals surface area contributed by atoms with Crippen LogP contribution in [0.1, 0.15) is 38.2 Å². The zero-order valence-corrected chi connectivity index (χ0v) is 26.9. The molecule has 0 saturated heterocycles. The molecule has 1 aromatic rings. The van der Waals surface area contributed by atoms with Crippen LogP contribution >= 0.6 is 0 Å². The first-order chi connectivity index (χ1) is 15.0. The van der Waals surface area contributed by atoms with Crippen LogP contribution < -0.4 is 0 Å². The molecule has 0 aromatic heterocycles. The smallest absolute Gasteiger partial charge is 0.316 e. The van der Waals surface area contributed by atoms with Gasteiger partial charge in [-0.05, 0) is 83.2 Å². The first-order valence-electron chi connectivity index (χ1n) is 12.3. The van der Waals surface area contributed by atoms with Crippen molar-refractivity contribution >= 4 is 39.7 Å². The fraction of sp³-hybridized carbons (Fsp3) is 0.708. The van der Waals surface area contributed by atoms with E-state index in [-0.39, 0.29) is 11.9 Å². The maximum absolute atomic E-state index is 12.9. The molecule has 0 aliphatic rings. The first kappa shape index (κ1) is 30.5. The molecule has 0 amide bonds. The van der Waals surface area contributed by atoms with Gasteiger partial charge in [-0.25, -0.2) is 0 Å². The van der Waals surface area contributed by atoms with E-state index in [0.29, 0.717) is 18.6 Å². The SMILES string of the molecule is CCC(CCOC(=O)C(C)C[Si](C)(O[Si](C)(C)C)O[Si](C)(C)O[Si](C)(C)C)c1ccccc1. The second kappa shape index (κ2) is 12.4. The zero-order chi connectivity index (χ0) is 25.5. The lowest BCUT2D eigenvalue weighted by Crippen LogP contribution is -2.57. The van der Waals surface area contributed by atoms with Crippen molar-refractivity contribution in [2.24, 2.45) is 5.92 Å². The lowest BCUT2D eigenvalue weighted by molar-refractivity contribution is -0.147. The molecule has 3 atom stereocenters. The largest absolute Gasteiger partial charge is 0.465 e. The van der Waals surface area contributed by atoms with Gasteiger partial charge in [0.2, 0.25) is 0 Å². The predicted octanol–water partition coefficient (Wildman–Crippen LogP) is 7.24. The maximum atomic E-state index is 12.9. The minimum Gasteiger partial charge on any atom is -0.465 e. The third-order valence-electron chi connectivity index (χ3n) is 5.09. The van der Waals surface area contributed by atoms with E-state index in [0.717, 1.165) is 12.8 Å². The third-order valence-corrected chi connectivity index (χ3v) is 18.7. The molecule has 9 heteroatoms. The van der Waals surface area contributed by atoms with E-state index in [1.807, 2.05) is 13.0 Å². The lowest BCUT2D eigenvalue weighted by Gasteiger charge is -2.42. The van der Waals surface area contributed by atoms with Gasteiger partial charge in [-0.15, -0.1) is 0 Å². The molecule has 0 heterocycles. The van der Waals surface area contributed by atoms with Crippen LogP contribution in [-0.2, 0) is 21.9 Å². The van der Waals surface area contributed by atoms with Gasteiger partial charge in [-0.1, -0.05) is 44.2 Å². The van der Waals surface area contributed by atoms with Crippen molar-refractivity contribution in [3.05, 3.63) is 35.9 Å². The van der Waals surface area contributed by atoms with Gasteiger partial charge in [-0.2, -0.15) is 0 Å². The van der Waals surface area contributed by atoms with Crippen LogP contribution in [0.2, 0.25) is 65.0 Å². The van der Waals surface area contributed by atoms with E-state index in [1.54, 1.807) is 0 Å². The Morgan fingerprint density at radius 2 is 1.39 bits per heavy atom. The minimum absolute atomic E-state index is 0.162. The Kier molecular flexibility index (Phi) is 11.5. The van der Waals surface area contributed by atoms with Crippen LogP contribution in [0.4, 0.5) is 0 Å². The molecule has 0 aliphatic heterocycles. The summed E-state index contributed by atoms with van der Waals surface area (Å²) in [5.41, 5.74) is 1.30. The summed E-state index contributed by atoms with van der Waals surface area (Å²) in [7, 11) is -8.66. The number of hydrogen-bond acceptors (Lipinski definition) is 5. The quantitative estimate of drug-likeness (QED) is 0.188. The highest BCUT2D eigenvalue weighted by molar-refractivity contribution is 6.89. The standard InChI is InChI=1S/C24H48O5Si4/c1-12-22(23-16-14-13-15-17-23)18-19-26-24(25)21(2)20-33(11,28-31(6,7)8)29-32(9,10)27-30(3,4)5/h13-17,21-22H,12,18-20H2,1-11H3. The van der Waals surface area contributed by atoms with E-state index in [1.165, 1.54) is 5.56 Å². The van der Waals surface area contributed by atoms with Gasteiger partial charge >= 0.3 is 23.1 Å². The zero-order valence-electron chi connectivity index (χ0n) is 22.9. The number of ether oxygens (including phenoxy) is 1. The fourth-order valence-electron chi connectivity index (χ4n) is 4.45. The predicted molar refractivity (Wildman–Crippen MR) is 148 cm³/mol. The van der Waals surface area contributed by atoms with Crippen molar-refractivity contribution < 1.29 is 21.9 Å². The Labute approximate surface area is 207 Å². The summed E-state index contributed by atoms with van der Waals surface area (Å²) in [6, 6.07) is 11.0. The van der Waals surface area contributed by atoms with E-state index in [2.05, 4.69) is 90.1 Å². The van der Waals surface area contributed by atoms with Crippen LogP contribution in [0.25, 0.3) is 0 Å². The van der Waals surface area contributed by atoms with Gasteiger partial charge in [0.05, 0.1) is 12.5 Å². The highest BCUT2D eigenvalue weighted by atomic mass is 28.5. The van der Waals surface area contributed by atoms with Crippen LogP contribution in [0.3, 0.4) is 0 Å². The molecule has 5 nitrogen and oxygen atoms in total. The van der Waals surface area contributed by atoms with Crippen molar-refractivity contribution in [2.75, 3.05) is 6.61 Å². The fourth-order valence-corrected chi connectivity index (χ4v) is 22.7. The second-order valence-electron chi connectivity index (χ2n) is 11.6. The molecule has 0 bridgehead atoms. The highest BCUT2D eigenvalue weighted by Gasteiger charge is 2.46. The molecule has 0 saturated carbocycles. The van der Waals surface area contributed by atoms with Crippen molar-refractivity contribution in [1.82, 2.24) is 0 Å². The van der Waals surface area contributed by atoms with Gasteiger partial charge in [0.25, 0.3) is 0 Å². The molecule has 0 radical (unpaired) electrons. The molecule has 1 aromatic carbocycles. The molecule has 0 fully saturated rings. The number of hydrogen-bond donors (Lipinski definition) is 0. The van der Waals surface area contributed by atoms with Crippen molar-refractivity contribution in [2.45, 2.75) is 97.6 Å². The summed E-state index contributed by atoms with van der Waals surface area (Å²) in [5.74, 6) is -0.0329. The molecule has 0 aliphatic carbocycles. The molecule has 190 valence electrons. The van der Waals surface area contributed by atoms with Crippen LogP contribution in [0.5, 0.6) is 0 Å². The molecule has 1 rings (SSSR count). The van der Waals surface area contributed by atoms with Gasteiger partial charge in [-0.3, -0.25) is 4.79 Å². The second-order valence-corrected chi connectivity index (χ2v) is 28.0. The number of benzene rings is 1. The Morgan fingerprint density at radius 1 is 0.848 bits per heavy atom. The van der Waals surface area contributed by atoms with Gasteiger partial charge in [0, 0.05) is 6.04 Å². The van der Waals surface area contributed by atoms with Gasteiger partial charge in [0.15, 0.2) is 16.6 Å². The number of rotatable bonds is 14. The van der Waals surface area contributed by atoms with Crippen LogP contribution in [0, 0.1) is 5.92 Å². The van der Waals surface area contributed by atoms with E-state index in [4.69, 9.17) is 17.1 Å². The topological polar surface area (TPSA) is 54.0 Å². The summed E-state index contributed by atoms with van der Waals surface area (Å²) < 4.78 is 25.5. The van der Waals surface area contributed by atoms with Gasteiger partial charge < -0.3 is 17.1 Å². The Hall–Kier alpha value is -0.562. The lowest BCUT2D eigenvalue weighted by atomic mass is 9.94. The molecule has 33 heavy (non-hydrogen) atoms. The molecular weight excluding hydrogens is 481 g/mol. The maximum Gasteiger partial charge on any atom is 0.316 e. The van der Waals surface area contributed by atoms with Crippen molar-refractivity contribution in [3.8, 4) is 0 Å². The summed E-state index contributed by atoms with van der Waals surface area (Å²) in [5, 5.41) is 0. The molecular formula is C24H48O5Si4. The molecule has 0 spiro atoms. The van der Waals surface area contributed by atoms with Crippen molar-refractivity contribution in [3.63, 3.8) is 0 Å². The third kappa shape index (κ3) is 12.6. The van der Waals surface area contributed by atoms with Crippen LogP contribution in [-0.4, -0.2) is 46.3 Å². The number of esters is 1. The highest BCUT2D eigenvalue weighted by Crippen LogP contribution is 2.30. The molecule has 3 unspecified atom stereocenters. The summed E-state index contributed by atoms with van der Waals surface area (Å²) in [6.07, 6.45) is 1.86. The minimum atomic E-state index is -2.65. The molecule has 0 N–H and O–H groups in total. The Balaban J connectivity index is 2.79. The summed E-state index contributed by atoms with van der Waals surface area (Å²) >= 11 is 0. The number of carbonyl (C=O) groups is 1. The summed E-state index contributed by atoms with van der Waals surface area (Å²) in [4.78, 5) is 12.9. The average Bonchev–Trinajstić information content (AvgIpc) is 2.61. The van der Waals surface area contributed by atoms with Gasteiger partial charge in [0.1, 0.15) is 0 Å². The van der Waals surface area contributed by atoms with E-state index < -0.39 is 33.8 Å². The van der Waals surface area contributed by atoms with E-state index >= 15 is 0 Å². The van der Waals surface area contributed by atoms with Crippen LogP contribution in [0.15, 0.2) is 30.3 Å². The Morgan fingerprint density at radius 3 is 1.88 bits per heavy atom.